The highest BCUT2D eigenvalue weighted by molar-refractivity contribution is 7.92. The fourth-order valence-electron chi connectivity index (χ4n) is 3.28. The molecule has 1 amide bonds. The first-order valence-corrected chi connectivity index (χ1v) is 10.8. The van der Waals surface area contributed by atoms with Crippen molar-refractivity contribution in [2.24, 2.45) is 5.41 Å². The fraction of sp³-hybridized carbons (Fsp3) is 0.300. The number of rotatable bonds is 5. The molecule has 0 radical (unpaired) electrons. The molecule has 8 heteroatoms. The summed E-state index contributed by atoms with van der Waals surface area (Å²) in [5.74, 6) is -0.386. The van der Waals surface area contributed by atoms with Crippen molar-refractivity contribution in [3.8, 4) is 6.07 Å². The van der Waals surface area contributed by atoms with E-state index in [1.165, 1.54) is 18.2 Å². The zero-order chi connectivity index (χ0) is 20.2. The van der Waals surface area contributed by atoms with Crippen LogP contribution >= 0.6 is 11.6 Å². The van der Waals surface area contributed by atoms with Gasteiger partial charge in [-0.3, -0.25) is 9.52 Å². The summed E-state index contributed by atoms with van der Waals surface area (Å²) in [5.41, 5.74) is -0.459. The maximum atomic E-state index is 12.7. The normalized spacial score (nSPS) is 16.0. The molecule has 1 aliphatic carbocycles. The third-order valence-electron chi connectivity index (χ3n) is 4.88. The van der Waals surface area contributed by atoms with Crippen molar-refractivity contribution in [2.45, 2.75) is 37.0 Å². The van der Waals surface area contributed by atoms with Crippen LogP contribution < -0.4 is 10.0 Å². The molecular weight excluding hydrogens is 398 g/mol. The van der Waals surface area contributed by atoms with Gasteiger partial charge >= 0.3 is 0 Å². The molecule has 2 aromatic rings. The van der Waals surface area contributed by atoms with Gasteiger partial charge in [0, 0.05) is 5.69 Å². The molecule has 0 aliphatic heterocycles. The third-order valence-corrected chi connectivity index (χ3v) is 6.57. The molecule has 2 N–H and O–H groups in total. The summed E-state index contributed by atoms with van der Waals surface area (Å²) >= 11 is 6.02. The summed E-state index contributed by atoms with van der Waals surface area (Å²) in [7, 11) is -3.89. The lowest BCUT2D eigenvalue weighted by molar-refractivity contribution is -0.124. The lowest BCUT2D eigenvalue weighted by Gasteiger charge is -2.29. The Balaban J connectivity index is 1.81. The zero-order valence-electron chi connectivity index (χ0n) is 15.1. The van der Waals surface area contributed by atoms with Crippen molar-refractivity contribution >= 4 is 38.9 Å². The van der Waals surface area contributed by atoms with Gasteiger partial charge in [-0.2, -0.15) is 5.26 Å². The number of nitrogens with zero attached hydrogens (tertiary/aromatic N) is 1. The van der Waals surface area contributed by atoms with E-state index in [0.717, 1.165) is 19.3 Å². The van der Waals surface area contributed by atoms with Crippen LogP contribution in [0.25, 0.3) is 0 Å². The molecule has 0 atom stereocenters. The highest BCUT2D eigenvalue weighted by atomic mass is 35.5. The van der Waals surface area contributed by atoms with E-state index in [0.29, 0.717) is 18.5 Å². The lowest BCUT2D eigenvalue weighted by atomic mass is 9.74. The number of carbonyl (C=O) groups is 1. The average Bonchev–Trinajstić information content (AvgIpc) is 2.70. The Morgan fingerprint density at radius 2 is 1.79 bits per heavy atom. The first-order valence-electron chi connectivity index (χ1n) is 8.96. The number of benzene rings is 2. The van der Waals surface area contributed by atoms with E-state index in [9.17, 15) is 18.5 Å². The number of hydrogen-bond donors (Lipinski definition) is 2. The zero-order valence-corrected chi connectivity index (χ0v) is 16.7. The van der Waals surface area contributed by atoms with Gasteiger partial charge < -0.3 is 5.32 Å². The number of anilines is 2. The molecule has 3 rings (SSSR count). The van der Waals surface area contributed by atoms with E-state index in [-0.39, 0.29) is 21.5 Å². The fourth-order valence-corrected chi connectivity index (χ4v) is 4.65. The van der Waals surface area contributed by atoms with Gasteiger partial charge in [-0.25, -0.2) is 8.42 Å². The molecule has 0 bridgehead atoms. The van der Waals surface area contributed by atoms with E-state index in [1.807, 2.05) is 0 Å². The topological polar surface area (TPSA) is 99.1 Å². The van der Waals surface area contributed by atoms with Gasteiger partial charge in [0.1, 0.15) is 5.41 Å². The Bertz CT molecular complexity index is 1020. The summed E-state index contributed by atoms with van der Waals surface area (Å²) in [5, 5.41) is 12.5. The van der Waals surface area contributed by atoms with Crippen LogP contribution in [0.1, 0.15) is 32.1 Å². The van der Waals surface area contributed by atoms with Crippen LogP contribution in [0.4, 0.5) is 11.4 Å². The minimum atomic E-state index is -3.89. The second-order valence-electron chi connectivity index (χ2n) is 6.82. The smallest absolute Gasteiger partial charge is 0.262 e. The molecular formula is C20H20ClN3O3S. The molecule has 0 heterocycles. The van der Waals surface area contributed by atoms with Crippen LogP contribution in [0.3, 0.4) is 0 Å². The van der Waals surface area contributed by atoms with Crippen LogP contribution in [-0.4, -0.2) is 14.3 Å². The van der Waals surface area contributed by atoms with Crippen molar-refractivity contribution < 1.29 is 13.2 Å². The first kappa shape index (κ1) is 20.2. The predicted octanol–water partition coefficient (Wildman–Crippen LogP) is 4.55. The Morgan fingerprint density at radius 3 is 2.46 bits per heavy atom. The van der Waals surface area contributed by atoms with E-state index in [1.54, 1.807) is 30.3 Å². The van der Waals surface area contributed by atoms with E-state index >= 15 is 0 Å². The molecule has 28 heavy (non-hydrogen) atoms. The van der Waals surface area contributed by atoms with Crippen LogP contribution in [0.2, 0.25) is 5.02 Å². The summed E-state index contributed by atoms with van der Waals surface area (Å²) < 4.78 is 27.8. The van der Waals surface area contributed by atoms with Crippen LogP contribution in [0, 0.1) is 16.7 Å². The second-order valence-corrected chi connectivity index (χ2v) is 8.91. The molecule has 2 aromatic carbocycles. The van der Waals surface area contributed by atoms with E-state index < -0.39 is 15.4 Å². The Morgan fingerprint density at radius 1 is 1.07 bits per heavy atom. The van der Waals surface area contributed by atoms with Gasteiger partial charge in [-0.1, -0.05) is 49.1 Å². The summed E-state index contributed by atoms with van der Waals surface area (Å²) in [6, 6.07) is 14.6. The van der Waals surface area contributed by atoms with E-state index in [4.69, 9.17) is 11.6 Å². The molecule has 0 unspecified atom stereocenters. The van der Waals surface area contributed by atoms with Crippen molar-refractivity contribution in [1.82, 2.24) is 0 Å². The second kappa shape index (κ2) is 8.21. The van der Waals surface area contributed by atoms with Gasteiger partial charge in [0.15, 0.2) is 0 Å². The quantitative estimate of drug-likeness (QED) is 0.745. The van der Waals surface area contributed by atoms with Crippen molar-refractivity contribution in [2.75, 3.05) is 10.0 Å². The molecule has 1 aliphatic rings. The SMILES string of the molecule is N#CC1(C(=O)Nc2cccc(S(=O)(=O)Nc3ccccc3Cl)c2)CCCCC1. The maximum absolute atomic E-state index is 12.7. The van der Waals surface area contributed by atoms with Crippen LogP contribution in [0.15, 0.2) is 53.4 Å². The summed E-state index contributed by atoms with van der Waals surface area (Å²) in [6.45, 7) is 0. The number of para-hydroxylation sites is 1. The lowest BCUT2D eigenvalue weighted by Crippen LogP contribution is -2.36. The van der Waals surface area contributed by atoms with Crippen molar-refractivity contribution in [1.29, 1.82) is 5.26 Å². The predicted molar refractivity (Wildman–Crippen MR) is 108 cm³/mol. The molecule has 1 saturated carbocycles. The van der Waals surface area contributed by atoms with Crippen molar-refractivity contribution in [3.05, 3.63) is 53.6 Å². The Labute approximate surface area is 169 Å². The number of carbonyl (C=O) groups excluding carboxylic acids is 1. The van der Waals surface area contributed by atoms with Crippen LogP contribution in [-0.2, 0) is 14.8 Å². The Hall–Kier alpha value is -2.56. The number of halogens is 1. The molecule has 0 spiro atoms. The van der Waals surface area contributed by atoms with Crippen LogP contribution in [0.5, 0.6) is 0 Å². The molecule has 146 valence electrons. The number of hydrogen-bond acceptors (Lipinski definition) is 4. The first-order chi connectivity index (χ1) is 13.4. The molecule has 6 nitrogen and oxygen atoms in total. The third kappa shape index (κ3) is 4.29. The number of nitriles is 1. The van der Waals surface area contributed by atoms with Crippen molar-refractivity contribution in [3.63, 3.8) is 0 Å². The van der Waals surface area contributed by atoms with Gasteiger partial charge in [0.05, 0.1) is 21.7 Å². The molecule has 1 fully saturated rings. The van der Waals surface area contributed by atoms with Gasteiger partial charge in [0.25, 0.3) is 10.0 Å². The molecule has 0 aromatic heterocycles. The highest BCUT2D eigenvalue weighted by Crippen LogP contribution is 2.37. The number of sulfonamides is 1. The van der Waals surface area contributed by atoms with Gasteiger partial charge in [-0.05, 0) is 43.2 Å². The average molecular weight is 418 g/mol. The van der Waals surface area contributed by atoms with Gasteiger partial charge in [0.2, 0.25) is 5.91 Å². The highest BCUT2D eigenvalue weighted by Gasteiger charge is 2.39. The minimum Gasteiger partial charge on any atom is -0.325 e. The maximum Gasteiger partial charge on any atom is 0.262 e. The monoisotopic (exact) mass is 417 g/mol. The summed E-state index contributed by atoms with van der Waals surface area (Å²) in [4.78, 5) is 12.7. The van der Waals surface area contributed by atoms with E-state index in [2.05, 4.69) is 16.1 Å². The number of nitrogens with one attached hydrogen (secondary N) is 2. The standard InChI is InChI=1S/C20H20ClN3O3S/c21-17-9-2-3-10-18(17)24-28(26,27)16-8-6-7-15(13-16)23-19(25)20(14-22)11-4-1-5-12-20/h2-3,6-10,13,24H,1,4-5,11-12H2,(H,23,25). The Kier molecular flexibility index (Phi) is 5.92. The molecule has 0 saturated heterocycles. The largest absolute Gasteiger partial charge is 0.325 e. The number of amides is 1. The minimum absolute atomic E-state index is 0.0140. The summed E-state index contributed by atoms with van der Waals surface area (Å²) in [6.07, 6.45) is 3.70. The van der Waals surface area contributed by atoms with Gasteiger partial charge in [-0.15, -0.1) is 0 Å².